The van der Waals surface area contributed by atoms with Gasteiger partial charge in [0, 0.05) is 36.2 Å². The minimum absolute atomic E-state index is 0. The third-order valence-corrected chi connectivity index (χ3v) is 5.73. The Morgan fingerprint density at radius 2 is 2.00 bits per heavy atom. The van der Waals surface area contributed by atoms with E-state index in [0.717, 1.165) is 34.9 Å². The van der Waals surface area contributed by atoms with Crippen LogP contribution in [0, 0.1) is 24.2 Å². The number of benzene rings is 2. The van der Waals surface area contributed by atoms with Crippen molar-refractivity contribution in [2.45, 2.75) is 40.2 Å². The monoisotopic (exact) mass is 432 g/mol. The molecule has 2 heterocycles. The molecule has 1 aliphatic heterocycles. The van der Waals surface area contributed by atoms with Crippen molar-refractivity contribution in [2.75, 3.05) is 13.1 Å². The smallest absolute Gasteiger partial charge is 0.336 e. The van der Waals surface area contributed by atoms with Gasteiger partial charge in [0.25, 0.3) is 5.91 Å². The Labute approximate surface area is 188 Å². The van der Waals surface area contributed by atoms with Gasteiger partial charge in [0.1, 0.15) is 11.3 Å². The van der Waals surface area contributed by atoms with Crippen LogP contribution in [0.15, 0.2) is 57.7 Å². The van der Waals surface area contributed by atoms with Crippen molar-refractivity contribution in [1.29, 1.82) is 5.26 Å². The number of aryl methyl sites for hydroxylation is 1. The fourth-order valence-electron chi connectivity index (χ4n) is 4.11. The summed E-state index contributed by atoms with van der Waals surface area (Å²) in [7, 11) is 0. The lowest BCUT2D eigenvalue weighted by atomic mass is 9.98. The molecule has 1 amide bonds. The number of carbonyl (C=O) groups is 1. The zero-order valence-electron chi connectivity index (χ0n) is 17.6. The predicted octanol–water partition coefficient (Wildman–Crippen LogP) is 4.93. The second-order valence-corrected chi connectivity index (χ2v) is 7.96. The van der Waals surface area contributed by atoms with Crippen LogP contribution in [-0.4, -0.2) is 30.0 Å². The summed E-state index contributed by atoms with van der Waals surface area (Å²) >= 11 is 0. The predicted molar refractivity (Wildman–Crippen MR) is 124 cm³/mol. The summed E-state index contributed by atoms with van der Waals surface area (Å²) in [4.78, 5) is 26.7. The van der Waals surface area contributed by atoms with Gasteiger partial charge >= 0.3 is 5.63 Å². The van der Waals surface area contributed by atoms with Crippen LogP contribution in [0.25, 0.3) is 22.1 Å². The quantitative estimate of drug-likeness (QED) is 0.546. The second-order valence-electron chi connectivity index (χ2n) is 7.96. The van der Waals surface area contributed by atoms with E-state index < -0.39 is 11.7 Å². The summed E-state index contributed by atoms with van der Waals surface area (Å²) in [6.45, 7) is 4.77. The van der Waals surface area contributed by atoms with E-state index in [9.17, 15) is 9.59 Å². The molecule has 4 rings (SSSR count). The lowest BCUT2D eigenvalue weighted by Crippen LogP contribution is -2.45. The van der Waals surface area contributed by atoms with Crippen LogP contribution < -0.4 is 10.4 Å². The molecule has 0 bridgehead atoms. The van der Waals surface area contributed by atoms with Crippen LogP contribution in [0.1, 0.15) is 32.8 Å². The average Bonchev–Trinajstić information content (AvgIpc) is 2.78. The molecule has 0 saturated carbocycles. The molecule has 1 aromatic heterocycles. The fraction of sp³-hybridized carbons (Fsp3) is 0.346. The van der Waals surface area contributed by atoms with Gasteiger partial charge in [0.2, 0.25) is 0 Å². The van der Waals surface area contributed by atoms with Gasteiger partial charge in [-0.2, -0.15) is 5.26 Å². The maximum atomic E-state index is 12.8. The number of amides is 1. The summed E-state index contributed by atoms with van der Waals surface area (Å²) in [6.07, 6.45) is 0.934. The van der Waals surface area contributed by atoms with Gasteiger partial charge in [-0.3, -0.25) is 4.79 Å². The second kappa shape index (κ2) is 9.69. The maximum Gasteiger partial charge on any atom is 0.336 e. The highest BCUT2D eigenvalue weighted by atomic mass is 16.5. The minimum atomic E-state index is -0.707. The first kappa shape index (κ1) is 23.1. The Hall–Kier alpha value is -3.59. The van der Waals surface area contributed by atoms with Gasteiger partial charge in [-0.1, -0.05) is 31.7 Å². The van der Waals surface area contributed by atoms with Gasteiger partial charge in [-0.25, -0.2) is 4.79 Å². The summed E-state index contributed by atoms with van der Waals surface area (Å²) < 4.78 is 11.3. The molecule has 1 saturated heterocycles. The van der Waals surface area contributed by atoms with Gasteiger partial charge in [-0.15, -0.1) is 0 Å². The first-order chi connectivity index (χ1) is 15.0. The molecule has 3 aromatic rings. The van der Waals surface area contributed by atoms with Gasteiger partial charge in [0.05, 0.1) is 12.0 Å². The van der Waals surface area contributed by atoms with E-state index >= 15 is 0 Å². The van der Waals surface area contributed by atoms with Gasteiger partial charge in [0.15, 0.2) is 6.10 Å². The van der Waals surface area contributed by atoms with Crippen LogP contribution in [0.2, 0.25) is 0 Å². The molecule has 0 radical (unpaired) electrons. The third kappa shape index (κ3) is 4.67. The van der Waals surface area contributed by atoms with Gasteiger partial charge in [-0.05, 0) is 49.9 Å². The SMILES string of the molecule is C.Cc1ccccc1-c1cc(=O)oc2cc(O[C@H](C)C(=O)N3CCC[C@H](C#N)C3)ccc12. The molecule has 1 aliphatic rings. The first-order valence-electron chi connectivity index (χ1n) is 10.4. The number of hydrogen-bond acceptors (Lipinski definition) is 5. The highest BCUT2D eigenvalue weighted by Crippen LogP contribution is 2.31. The number of fused-ring (bicyclic) bond motifs is 1. The molecule has 2 atom stereocenters. The van der Waals surface area contributed by atoms with E-state index in [1.54, 1.807) is 24.0 Å². The molecule has 0 unspecified atom stereocenters. The van der Waals surface area contributed by atoms with E-state index in [1.165, 1.54) is 6.07 Å². The molecule has 2 aromatic carbocycles. The fourth-order valence-corrected chi connectivity index (χ4v) is 4.11. The molecule has 0 spiro atoms. The van der Waals surface area contributed by atoms with E-state index in [0.29, 0.717) is 24.4 Å². The standard InChI is InChI=1S/C25H24N2O4.CH4/c1-16-6-3-4-8-20(16)22-13-24(28)31-23-12-19(9-10-21(22)23)30-17(2)25(29)27-11-5-7-18(14-26)15-27;/h3-4,6,8-10,12-13,17-18H,5,7,11,15H2,1-2H3;1H4/t17-,18-;/m1./s1. The normalized spacial score (nSPS) is 16.7. The number of rotatable bonds is 4. The van der Waals surface area contributed by atoms with E-state index in [1.807, 2.05) is 37.3 Å². The van der Waals surface area contributed by atoms with E-state index in [-0.39, 0.29) is 19.3 Å². The van der Waals surface area contributed by atoms with Crippen LogP contribution in [0.5, 0.6) is 5.75 Å². The molecule has 166 valence electrons. The van der Waals surface area contributed by atoms with Crippen LogP contribution in [-0.2, 0) is 4.79 Å². The van der Waals surface area contributed by atoms with Crippen LogP contribution in [0.4, 0.5) is 0 Å². The van der Waals surface area contributed by atoms with E-state index in [4.69, 9.17) is 14.4 Å². The topological polar surface area (TPSA) is 83.5 Å². The number of nitrogens with zero attached hydrogens (tertiary/aromatic N) is 2. The van der Waals surface area contributed by atoms with Crippen molar-refractivity contribution in [2.24, 2.45) is 5.92 Å². The molecular weight excluding hydrogens is 404 g/mol. The van der Waals surface area contributed by atoms with Crippen molar-refractivity contribution in [3.05, 3.63) is 64.5 Å². The Morgan fingerprint density at radius 1 is 1.22 bits per heavy atom. The number of carbonyl (C=O) groups excluding carboxylic acids is 1. The first-order valence-corrected chi connectivity index (χ1v) is 10.4. The molecule has 1 fully saturated rings. The summed E-state index contributed by atoms with van der Waals surface area (Å²) in [5.41, 5.74) is 2.80. The zero-order chi connectivity index (χ0) is 22.0. The molecule has 0 aliphatic carbocycles. The highest BCUT2D eigenvalue weighted by molar-refractivity contribution is 5.94. The highest BCUT2D eigenvalue weighted by Gasteiger charge is 2.27. The van der Waals surface area contributed by atoms with Crippen molar-refractivity contribution in [1.82, 2.24) is 4.90 Å². The number of piperidine rings is 1. The number of likely N-dealkylation sites (tertiary alicyclic amines) is 1. The Bertz CT molecular complexity index is 1220. The Balaban J connectivity index is 0.00000289. The lowest BCUT2D eigenvalue weighted by Gasteiger charge is -2.31. The Kier molecular flexibility index (Phi) is 6.99. The van der Waals surface area contributed by atoms with Crippen molar-refractivity contribution in [3.63, 3.8) is 0 Å². The number of hydrogen-bond donors (Lipinski definition) is 0. The molecule has 6 heteroatoms. The largest absolute Gasteiger partial charge is 0.481 e. The van der Waals surface area contributed by atoms with Crippen molar-refractivity contribution < 1.29 is 13.9 Å². The van der Waals surface area contributed by atoms with Crippen LogP contribution in [0.3, 0.4) is 0 Å². The van der Waals surface area contributed by atoms with Crippen LogP contribution >= 0.6 is 0 Å². The minimum Gasteiger partial charge on any atom is -0.481 e. The van der Waals surface area contributed by atoms with E-state index in [2.05, 4.69) is 6.07 Å². The lowest BCUT2D eigenvalue weighted by molar-refractivity contribution is -0.139. The molecule has 6 nitrogen and oxygen atoms in total. The summed E-state index contributed by atoms with van der Waals surface area (Å²) in [6, 6.07) is 16.9. The van der Waals surface area contributed by atoms with Crippen molar-refractivity contribution >= 4 is 16.9 Å². The molecular formula is C26H28N2O4. The molecule has 32 heavy (non-hydrogen) atoms. The Morgan fingerprint density at radius 3 is 2.75 bits per heavy atom. The van der Waals surface area contributed by atoms with Gasteiger partial charge < -0.3 is 14.1 Å². The summed E-state index contributed by atoms with van der Waals surface area (Å²) in [5.74, 6) is 0.183. The number of ether oxygens (including phenoxy) is 1. The number of nitriles is 1. The molecule has 0 N–H and O–H groups in total. The summed E-state index contributed by atoms with van der Waals surface area (Å²) in [5, 5.41) is 9.95. The van der Waals surface area contributed by atoms with Crippen molar-refractivity contribution in [3.8, 4) is 22.9 Å². The average molecular weight is 433 g/mol. The maximum absolute atomic E-state index is 12.8. The zero-order valence-corrected chi connectivity index (χ0v) is 17.6. The third-order valence-electron chi connectivity index (χ3n) is 5.73.